The highest BCUT2D eigenvalue weighted by atomic mass is 79.9. The summed E-state index contributed by atoms with van der Waals surface area (Å²) in [7, 11) is 0. The summed E-state index contributed by atoms with van der Waals surface area (Å²) in [6.07, 6.45) is 2.13. The number of hydrogen-bond acceptors (Lipinski definition) is 2. The second-order valence-electron chi connectivity index (χ2n) is 4.49. The lowest BCUT2D eigenvalue weighted by molar-refractivity contribution is 0.532. The van der Waals surface area contributed by atoms with Crippen LogP contribution in [0.5, 0.6) is 0 Å². The van der Waals surface area contributed by atoms with E-state index >= 15 is 0 Å². The summed E-state index contributed by atoms with van der Waals surface area (Å²) in [5, 5.41) is 6.51. The van der Waals surface area contributed by atoms with Crippen molar-refractivity contribution in [3.05, 3.63) is 55.6 Å². The molecule has 0 amide bonds. The number of halogens is 2. The Morgan fingerprint density at radius 1 is 1.37 bits per heavy atom. The minimum absolute atomic E-state index is 0.314. The molecule has 0 aliphatic rings. The second-order valence-corrected chi connectivity index (χ2v) is 6.88. The van der Waals surface area contributed by atoms with Crippen molar-refractivity contribution in [2.24, 2.45) is 0 Å². The predicted molar refractivity (Wildman–Crippen MR) is 88.2 cm³/mol. The summed E-state index contributed by atoms with van der Waals surface area (Å²) in [5.41, 5.74) is 1.24. The molecule has 1 aromatic carbocycles. The van der Waals surface area contributed by atoms with Crippen LogP contribution in [-0.4, -0.2) is 6.54 Å². The van der Waals surface area contributed by atoms with Gasteiger partial charge in [0, 0.05) is 26.8 Å². The molecule has 0 saturated carbocycles. The fourth-order valence-electron chi connectivity index (χ4n) is 2.03. The van der Waals surface area contributed by atoms with Crippen LogP contribution >= 0.6 is 38.9 Å². The van der Waals surface area contributed by atoms with E-state index in [2.05, 4.69) is 51.7 Å². The maximum Gasteiger partial charge on any atom is 0.0420 e. The third-order valence-electron chi connectivity index (χ3n) is 2.91. The third-order valence-corrected chi connectivity index (χ3v) is 4.49. The average Bonchev–Trinajstić information content (AvgIpc) is 2.86. The van der Waals surface area contributed by atoms with E-state index in [-0.39, 0.29) is 0 Å². The van der Waals surface area contributed by atoms with Crippen molar-refractivity contribution in [2.45, 2.75) is 25.8 Å². The molecule has 1 atom stereocenters. The Kier molecular flexibility index (Phi) is 5.89. The van der Waals surface area contributed by atoms with E-state index in [4.69, 9.17) is 11.6 Å². The molecule has 1 heterocycles. The number of rotatable bonds is 6. The zero-order chi connectivity index (χ0) is 13.7. The van der Waals surface area contributed by atoms with Gasteiger partial charge >= 0.3 is 0 Å². The van der Waals surface area contributed by atoms with Crippen LogP contribution in [-0.2, 0) is 6.42 Å². The summed E-state index contributed by atoms with van der Waals surface area (Å²) < 4.78 is 1.03. The first-order chi connectivity index (χ1) is 9.19. The molecular formula is C15H17BrClNS. The SMILES string of the molecule is CCCNC(Cc1cccs1)c1cc(Cl)cc(Br)c1. The fourth-order valence-corrected chi connectivity index (χ4v) is 3.67. The molecule has 0 saturated heterocycles. The van der Waals surface area contributed by atoms with E-state index in [1.807, 2.05) is 12.1 Å². The Labute approximate surface area is 132 Å². The van der Waals surface area contributed by atoms with Gasteiger partial charge in [0.25, 0.3) is 0 Å². The van der Waals surface area contributed by atoms with Gasteiger partial charge in [0.1, 0.15) is 0 Å². The quantitative estimate of drug-likeness (QED) is 0.724. The lowest BCUT2D eigenvalue weighted by atomic mass is 10.0. The molecule has 0 radical (unpaired) electrons. The van der Waals surface area contributed by atoms with Crippen molar-refractivity contribution < 1.29 is 0 Å². The smallest absolute Gasteiger partial charge is 0.0420 e. The highest BCUT2D eigenvalue weighted by Gasteiger charge is 2.13. The van der Waals surface area contributed by atoms with E-state index in [0.717, 1.165) is 28.9 Å². The maximum absolute atomic E-state index is 6.15. The Bertz CT molecular complexity index is 493. The van der Waals surface area contributed by atoms with Gasteiger partial charge in [0.05, 0.1) is 0 Å². The Balaban J connectivity index is 2.20. The van der Waals surface area contributed by atoms with Crippen molar-refractivity contribution in [1.29, 1.82) is 0 Å². The van der Waals surface area contributed by atoms with Crippen molar-refractivity contribution in [1.82, 2.24) is 5.32 Å². The van der Waals surface area contributed by atoms with Gasteiger partial charge in [-0.05, 0) is 48.2 Å². The van der Waals surface area contributed by atoms with Crippen molar-refractivity contribution >= 4 is 38.9 Å². The summed E-state index contributed by atoms with van der Waals surface area (Å²) >= 11 is 11.5. The number of benzene rings is 1. The topological polar surface area (TPSA) is 12.0 Å². The first kappa shape index (κ1) is 15.0. The number of thiophene rings is 1. The van der Waals surface area contributed by atoms with E-state index in [0.29, 0.717) is 6.04 Å². The second kappa shape index (κ2) is 7.44. The van der Waals surface area contributed by atoms with Crippen LogP contribution in [0.2, 0.25) is 5.02 Å². The van der Waals surface area contributed by atoms with Crippen LogP contribution in [0.25, 0.3) is 0 Å². The lowest BCUT2D eigenvalue weighted by Crippen LogP contribution is -2.23. The van der Waals surface area contributed by atoms with Gasteiger partial charge in [-0.3, -0.25) is 0 Å². The lowest BCUT2D eigenvalue weighted by Gasteiger charge is -2.19. The van der Waals surface area contributed by atoms with Gasteiger partial charge in [-0.2, -0.15) is 0 Å². The molecular weight excluding hydrogens is 342 g/mol. The van der Waals surface area contributed by atoms with E-state index in [1.165, 1.54) is 10.4 Å². The van der Waals surface area contributed by atoms with Crippen LogP contribution in [0.15, 0.2) is 40.2 Å². The minimum atomic E-state index is 0.314. The van der Waals surface area contributed by atoms with Gasteiger partial charge in [-0.15, -0.1) is 11.3 Å². The van der Waals surface area contributed by atoms with Gasteiger partial charge in [0.15, 0.2) is 0 Å². The highest BCUT2D eigenvalue weighted by molar-refractivity contribution is 9.10. The minimum Gasteiger partial charge on any atom is -0.310 e. The van der Waals surface area contributed by atoms with Crippen LogP contribution in [0.1, 0.15) is 29.8 Å². The van der Waals surface area contributed by atoms with Crippen molar-refractivity contribution in [3.8, 4) is 0 Å². The zero-order valence-electron chi connectivity index (χ0n) is 10.8. The molecule has 0 spiro atoms. The maximum atomic E-state index is 6.15. The van der Waals surface area contributed by atoms with E-state index in [9.17, 15) is 0 Å². The van der Waals surface area contributed by atoms with Crippen molar-refractivity contribution in [2.75, 3.05) is 6.54 Å². The Hall–Kier alpha value is -0.350. The number of nitrogens with one attached hydrogen (secondary N) is 1. The summed E-state index contributed by atoms with van der Waals surface area (Å²) in [5.74, 6) is 0. The van der Waals surface area contributed by atoms with Gasteiger partial charge < -0.3 is 5.32 Å². The van der Waals surface area contributed by atoms with E-state index in [1.54, 1.807) is 11.3 Å². The molecule has 0 aliphatic heterocycles. The normalized spacial score (nSPS) is 12.6. The molecule has 102 valence electrons. The van der Waals surface area contributed by atoms with Crippen LogP contribution in [0.4, 0.5) is 0 Å². The third kappa shape index (κ3) is 4.60. The van der Waals surface area contributed by atoms with Crippen LogP contribution in [0.3, 0.4) is 0 Å². The molecule has 1 unspecified atom stereocenters. The summed E-state index contributed by atoms with van der Waals surface area (Å²) in [4.78, 5) is 1.39. The molecule has 1 aromatic heterocycles. The van der Waals surface area contributed by atoms with Crippen LogP contribution in [0, 0.1) is 0 Å². The van der Waals surface area contributed by atoms with Crippen molar-refractivity contribution in [3.63, 3.8) is 0 Å². The zero-order valence-corrected chi connectivity index (χ0v) is 14.0. The Morgan fingerprint density at radius 3 is 2.84 bits per heavy atom. The summed E-state index contributed by atoms with van der Waals surface area (Å²) in [6.45, 7) is 3.20. The standard InChI is InChI=1S/C15H17BrClNS/c1-2-5-18-15(10-14-4-3-6-19-14)11-7-12(16)9-13(17)8-11/h3-4,6-9,15,18H,2,5,10H2,1H3. The number of hydrogen-bond donors (Lipinski definition) is 1. The molecule has 2 aromatic rings. The summed E-state index contributed by atoms with van der Waals surface area (Å²) in [6, 6.07) is 10.7. The molecule has 0 bridgehead atoms. The molecule has 1 N–H and O–H groups in total. The molecule has 4 heteroatoms. The monoisotopic (exact) mass is 357 g/mol. The Morgan fingerprint density at radius 2 is 2.21 bits per heavy atom. The molecule has 0 aliphatic carbocycles. The fraction of sp³-hybridized carbons (Fsp3) is 0.333. The van der Waals surface area contributed by atoms with Gasteiger partial charge in [0.2, 0.25) is 0 Å². The molecule has 19 heavy (non-hydrogen) atoms. The molecule has 0 fully saturated rings. The van der Waals surface area contributed by atoms with Crippen LogP contribution < -0.4 is 5.32 Å². The first-order valence-electron chi connectivity index (χ1n) is 6.40. The molecule has 1 nitrogen and oxygen atoms in total. The van der Waals surface area contributed by atoms with Gasteiger partial charge in [-0.25, -0.2) is 0 Å². The first-order valence-corrected chi connectivity index (χ1v) is 8.46. The van der Waals surface area contributed by atoms with E-state index < -0.39 is 0 Å². The highest BCUT2D eigenvalue weighted by Crippen LogP contribution is 2.27. The molecule has 2 rings (SSSR count). The van der Waals surface area contributed by atoms with Gasteiger partial charge in [-0.1, -0.05) is 40.5 Å². The predicted octanol–water partition coefficient (Wildman–Crippen LogP) is 5.45. The average molecular weight is 359 g/mol. The largest absolute Gasteiger partial charge is 0.310 e.